The van der Waals surface area contributed by atoms with Gasteiger partial charge in [0.1, 0.15) is 5.75 Å². The topological polar surface area (TPSA) is 29.9 Å². The van der Waals surface area contributed by atoms with Crippen molar-refractivity contribution in [3.63, 3.8) is 0 Å². The van der Waals surface area contributed by atoms with Crippen molar-refractivity contribution in [2.45, 2.75) is 6.36 Å². The van der Waals surface area contributed by atoms with E-state index in [2.05, 4.69) is 9.72 Å². The fourth-order valence-electron chi connectivity index (χ4n) is 2.13. The van der Waals surface area contributed by atoms with E-state index in [0.29, 0.717) is 15.5 Å². The fraction of sp³-hybridized carbons (Fsp3) is 0.0714. The van der Waals surface area contributed by atoms with E-state index in [4.69, 9.17) is 23.8 Å². The second kappa shape index (κ2) is 5.33. The molecule has 3 aromatic rings. The number of halogens is 4. The van der Waals surface area contributed by atoms with Gasteiger partial charge in [0.05, 0.1) is 11.0 Å². The molecule has 1 N–H and O–H groups in total. The van der Waals surface area contributed by atoms with Gasteiger partial charge in [-0.05, 0) is 54.7 Å². The molecule has 1 aromatic heterocycles. The maximum atomic E-state index is 12.2. The third-order valence-electron chi connectivity index (χ3n) is 2.97. The summed E-state index contributed by atoms with van der Waals surface area (Å²) in [7, 11) is 0. The van der Waals surface area contributed by atoms with Crippen LogP contribution in [-0.4, -0.2) is 15.9 Å². The quantitative estimate of drug-likeness (QED) is 0.644. The van der Waals surface area contributed by atoms with E-state index in [1.807, 2.05) is 0 Å². The second-order valence-electron chi connectivity index (χ2n) is 4.47. The van der Waals surface area contributed by atoms with Crippen LogP contribution in [0.5, 0.6) is 5.75 Å². The van der Waals surface area contributed by atoms with Gasteiger partial charge in [0.15, 0.2) is 4.77 Å². The Labute approximate surface area is 132 Å². The Morgan fingerprint density at radius 2 is 1.77 bits per heavy atom. The number of H-pyrrole nitrogens is 1. The van der Waals surface area contributed by atoms with Crippen LogP contribution in [0.1, 0.15) is 0 Å². The van der Waals surface area contributed by atoms with Gasteiger partial charge in [0, 0.05) is 10.7 Å². The summed E-state index contributed by atoms with van der Waals surface area (Å²) in [6.07, 6.45) is -4.72. The maximum Gasteiger partial charge on any atom is 0.573 e. The zero-order valence-electron chi connectivity index (χ0n) is 10.8. The summed E-state index contributed by atoms with van der Waals surface area (Å²) in [6, 6.07) is 10.7. The number of aromatic nitrogens is 2. The van der Waals surface area contributed by atoms with Crippen molar-refractivity contribution in [3.8, 4) is 11.4 Å². The minimum Gasteiger partial charge on any atom is -0.406 e. The monoisotopic (exact) mass is 344 g/mol. The summed E-state index contributed by atoms with van der Waals surface area (Å²) in [4.78, 5) is 3.01. The number of nitrogens with one attached hydrogen (secondary N) is 1. The smallest absolute Gasteiger partial charge is 0.406 e. The van der Waals surface area contributed by atoms with Gasteiger partial charge in [-0.15, -0.1) is 13.2 Å². The van der Waals surface area contributed by atoms with Crippen molar-refractivity contribution in [2.75, 3.05) is 0 Å². The lowest BCUT2D eigenvalue weighted by Crippen LogP contribution is -2.17. The Hall–Kier alpha value is -1.99. The molecule has 8 heteroatoms. The molecular formula is C14H8ClF3N2OS. The van der Waals surface area contributed by atoms with Crippen molar-refractivity contribution >= 4 is 34.9 Å². The van der Waals surface area contributed by atoms with Gasteiger partial charge >= 0.3 is 6.36 Å². The predicted molar refractivity (Wildman–Crippen MR) is 80.2 cm³/mol. The summed E-state index contributed by atoms with van der Waals surface area (Å²) < 4.78 is 42.5. The zero-order valence-corrected chi connectivity index (χ0v) is 12.4. The molecule has 0 aliphatic rings. The van der Waals surface area contributed by atoms with E-state index < -0.39 is 6.36 Å². The highest BCUT2D eigenvalue weighted by Gasteiger charge is 2.31. The van der Waals surface area contributed by atoms with Crippen LogP contribution in [0.25, 0.3) is 16.7 Å². The molecule has 0 unspecified atom stereocenters. The first-order chi connectivity index (χ1) is 10.3. The Bertz CT molecular complexity index is 884. The number of hydrogen-bond acceptors (Lipinski definition) is 2. The minimum atomic E-state index is -4.72. The van der Waals surface area contributed by atoms with Crippen LogP contribution >= 0.6 is 23.8 Å². The standard InChI is InChI=1S/C14H8ClF3N2OS/c15-8-1-6-11-12(7-8)20(13(22)19-11)9-2-4-10(5-3-9)21-14(16,17)18/h1-7H,(H,19,22). The lowest BCUT2D eigenvalue weighted by atomic mass is 10.2. The number of alkyl halides is 3. The first-order valence-electron chi connectivity index (χ1n) is 6.10. The average Bonchev–Trinajstić information content (AvgIpc) is 2.73. The van der Waals surface area contributed by atoms with Crippen LogP contribution in [0.3, 0.4) is 0 Å². The SMILES string of the molecule is FC(F)(F)Oc1ccc(-n2c(=S)[nH]c3ccc(Cl)cc32)cc1. The molecule has 0 fully saturated rings. The number of fused-ring (bicyclic) bond motifs is 1. The number of aromatic amines is 1. The molecule has 0 aliphatic heterocycles. The molecule has 3 rings (SSSR count). The van der Waals surface area contributed by atoms with Crippen molar-refractivity contribution in [3.05, 3.63) is 52.3 Å². The van der Waals surface area contributed by atoms with E-state index in [-0.39, 0.29) is 5.75 Å². The third-order valence-corrected chi connectivity index (χ3v) is 3.49. The van der Waals surface area contributed by atoms with E-state index in [1.54, 1.807) is 22.8 Å². The van der Waals surface area contributed by atoms with Gasteiger partial charge < -0.3 is 9.72 Å². The van der Waals surface area contributed by atoms with Gasteiger partial charge in [-0.2, -0.15) is 0 Å². The lowest BCUT2D eigenvalue weighted by molar-refractivity contribution is -0.274. The van der Waals surface area contributed by atoms with Gasteiger partial charge in [-0.25, -0.2) is 0 Å². The number of benzene rings is 2. The Morgan fingerprint density at radius 3 is 2.41 bits per heavy atom. The Morgan fingerprint density at radius 1 is 1.09 bits per heavy atom. The van der Waals surface area contributed by atoms with Crippen molar-refractivity contribution < 1.29 is 17.9 Å². The van der Waals surface area contributed by atoms with E-state index in [9.17, 15) is 13.2 Å². The Balaban J connectivity index is 2.06. The summed E-state index contributed by atoms with van der Waals surface area (Å²) in [6.45, 7) is 0. The molecule has 1 heterocycles. The highest BCUT2D eigenvalue weighted by Crippen LogP contribution is 2.26. The summed E-state index contributed by atoms with van der Waals surface area (Å²) >= 11 is 11.2. The van der Waals surface area contributed by atoms with Crippen molar-refractivity contribution in [1.29, 1.82) is 0 Å². The second-order valence-corrected chi connectivity index (χ2v) is 5.29. The highest BCUT2D eigenvalue weighted by molar-refractivity contribution is 7.71. The van der Waals surface area contributed by atoms with Crippen LogP contribution in [0.4, 0.5) is 13.2 Å². The number of rotatable bonds is 2. The van der Waals surface area contributed by atoms with Crippen LogP contribution in [-0.2, 0) is 0 Å². The van der Waals surface area contributed by atoms with Crippen LogP contribution < -0.4 is 4.74 Å². The molecule has 0 bridgehead atoms. The highest BCUT2D eigenvalue weighted by atomic mass is 35.5. The molecule has 0 radical (unpaired) electrons. The molecule has 0 amide bonds. The summed E-state index contributed by atoms with van der Waals surface area (Å²) in [5.41, 5.74) is 2.13. The van der Waals surface area contributed by atoms with Crippen LogP contribution in [0.15, 0.2) is 42.5 Å². The molecule has 0 saturated carbocycles. The summed E-state index contributed by atoms with van der Waals surface area (Å²) in [5, 5.41) is 0.535. The number of imidazole rings is 1. The van der Waals surface area contributed by atoms with E-state index in [1.165, 1.54) is 24.3 Å². The molecule has 0 saturated heterocycles. The fourth-order valence-corrected chi connectivity index (χ4v) is 2.61. The molecule has 22 heavy (non-hydrogen) atoms. The van der Waals surface area contributed by atoms with Gasteiger partial charge in [0.2, 0.25) is 0 Å². The number of hydrogen-bond donors (Lipinski definition) is 1. The molecule has 3 nitrogen and oxygen atoms in total. The molecule has 0 aliphatic carbocycles. The normalized spacial score (nSPS) is 11.8. The van der Waals surface area contributed by atoms with Gasteiger partial charge in [-0.3, -0.25) is 4.57 Å². The van der Waals surface area contributed by atoms with E-state index in [0.717, 1.165) is 11.0 Å². The lowest BCUT2D eigenvalue weighted by Gasteiger charge is -2.10. The number of nitrogens with zero attached hydrogens (tertiary/aromatic N) is 1. The Kier molecular flexibility index (Phi) is 3.62. The van der Waals surface area contributed by atoms with Crippen molar-refractivity contribution in [2.24, 2.45) is 0 Å². The molecular weight excluding hydrogens is 337 g/mol. The molecule has 0 spiro atoms. The molecule has 2 aromatic carbocycles. The van der Waals surface area contributed by atoms with Gasteiger partial charge in [-0.1, -0.05) is 11.6 Å². The predicted octanol–water partition coefficient (Wildman–Crippen LogP) is 5.24. The first kappa shape index (κ1) is 14.9. The zero-order chi connectivity index (χ0) is 15.9. The van der Waals surface area contributed by atoms with Crippen LogP contribution in [0, 0.1) is 4.77 Å². The van der Waals surface area contributed by atoms with Crippen LogP contribution in [0.2, 0.25) is 5.02 Å². The third kappa shape index (κ3) is 2.95. The largest absolute Gasteiger partial charge is 0.573 e. The van der Waals surface area contributed by atoms with E-state index >= 15 is 0 Å². The minimum absolute atomic E-state index is 0.291. The number of ether oxygens (including phenoxy) is 1. The van der Waals surface area contributed by atoms with Gasteiger partial charge in [0.25, 0.3) is 0 Å². The first-order valence-corrected chi connectivity index (χ1v) is 6.88. The maximum absolute atomic E-state index is 12.2. The van der Waals surface area contributed by atoms with Crippen molar-refractivity contribution in [1.82, 2.24) is 9.55 Å². The molecule has 114 valence electrons. The average molecular weight is 345 g/mol. The molecule has 0 atom stereocenters. The summed E-state index contributed by atoms with van der Waals surface area (Å²) in [5.74, 6) is -0.291.